The van der Waals surface area contributed by atoms with Crippen LogP contribution in [0.2, 0.25) is 0 Å². The Bertz CT molecular complexity index is 1780. The van der Waals surface area contributed by atoms with Gasteiger partial charge in [-0.2, -0.15) is 5.26 Å². The van der Waals surface area contributed by atoms with Crippen molar-refractivity contribution in [1.82, 2.24) is 15.0 Å². The van der Waals surface area contributed by atoms with Gasteiger partial charge in [-0.05, 0) is 55.4 Å². The number of rotatable bonds is 4. The fourth-order valence-electron chi connectivity index (χ4n) is 7.43. The first-order valence-electron chi connectivity index (χ1n) is 14.0. The van der Waals surface area contributed by atoms with Crippen LogP contribution in [-0.2, 0) is 16.6 Å². The first-order chi connectivity index (χ1) is 19.3. The summed E-state index contributed by atoms with van der Waals surface area (Å²) in [6, 6.07) is 18.7. The lowest BCUT2D eigenvalue weighted by Gasteiger charge is -2.52. The fourth-order valence-corrected chi connectivity index (χ4v) is 7.43. The van der Waals surface area contributed by atoms with Crippen molar-refractivity contribution in [2.75, 3.05) is 0 Å². The first-order valence-corrected chi connectivity index (χ1v) is 14.0. The molecule has 2 heterocycles. The number of allylic oxidation sites excluding steroid dienone is 2. The molecule has 7 rings (SSSR count). The molecule has 1 unspecified atom stereocenters. The highest BCUT2D eigenvalue weighted by Crippen LogP contribution is 2.59. The molecule has 0 radical (unpaired) electrons. The summed E-state index contributed by atoms with van der Waals surface area (Å²) in [4.78, 5) is 28.5. The molecule has 5 nitrogen and oxygen atoms in total. The third kappa shape index (κ3) is 3.64. The summed E-state index contributed by atoms with van der Waals surface area (Å²) in [6.07, 6.45) is 8.02. The minimum atomic E-state index is -0.684. The van der Waals surface area contributed by atoms with Crippen LogP contribution in [0, 0.1) is 34.4 Å². The molecule has 198 valence electrons. The highest BCUT2D eigenvalue weighted by Gasteiger charge is 2.58. The van der Waals surface area contributed by atoms with E-state index in [9.17, 15) is 10.1 Å². The minimum absolute atomic E-state index is 0.0249. The van der Waals surface area contributed by atoms with Gasteiger partial charge in [0, 0.05) is 39.1 Å². The maximum atomic E-state index is 15.3. The van der Waals surface area contributed by atoms with E-state index in [4.69, 9.17) is 9.97 Å². The number of fused-ring (bicyclic) bond motifs is 4. The average Bonchev–Trinajstić information content (AvgIpc) is 3.78. The van der Waals surface area contributed by atoms with E-state index in [-0.39, 0.29) is 23.1 Å². The summed E-state index contributed by atoms with van der Waals surface area (Å²) in [5, 5.41) is 11.0. The smallest absolute Gasteiger partial charge is 0.179 e. The molecule has 0 amide bonds. The quantitative estimate of drug-likeness (QED) is 0.281. The van der Waals surface area contributed by atoms with Gasteiger partial charge < -0.3 is 0 Å². The normalized spacial score (nSPS) is 25.6. The second-order valence-corrected chi connectivity index (χ2v) is 12.0. The van der Waals surface area contributed by atoms with Crippen LogP contribution in [0.15, 0.2) is 72.4 Å². The lowest BCUT2D eigenvalue weighted by molar-refractivity contribution is -0.130. The molecule has 0 bridgehead atoms. The number of carbonyl (C=O) groups excluding carboxylic acids is 1. The number of nitrogens with zero attached hydrogens (tertiary/aromatic N) is 4. The van der Waals surface area contributed by atoms with Crippen LogP contribution >= 0.6 is 0 Å². The maximum Gasteiger partial charge on any atom is 0.179 e. The molecule has 3 aliphatic carbocycles. The highest BCUT2D eigenvalue weighted by molar-refractivity contribution is 6.05. The molecule has 3 atom stereocenters. The van der Waals surface area contributed by atoms with Crippen LogP contribution in [0.25, 0.3) is 33.5 Å². The third-order valence-electron chi connectivity index (χ3n) is 9.45. The van der Waals surface area contributed by atoms with Crippen LogP contribution in [0.5, 0.6) is 0 Å². The Morgan fingerprint density at radius 2 is 1.77 bits per heavy atom. The number of benzene rings is 2. The van der Waals surface area contributed by atoms with Crippen LogP contribution < -0.4 is 0 Å². The molecule has 40 heavy (non-hydrogen) atoms. The molecular formula is C34H29FN4O. The zero-order valence-corrected chi connectivity index (χ0v) is 22.6. The number of carbonyl (C=O) groups is 1. The second kappa shape index (κ2) is 8.89. The van der Waals surface area contributed by atoms with E-state index < -0.39 is 10.8 Å². The molecule has 6 heteroatoms. The van der Waals surface area contributed by atoms with Gasteiger partial charge in [-0.1, -0.05) is 63.1 Å². The minimum Gasteiger partial charge on any atom is -0.293 e. The van der Waals surface area contributed by atoms with Gasteiger partial charge in [-0.15, -0.1) is 0 Å². The Balaban J connectivity index is 1.53. The van der Waals surface area contributed by atoms with Crippen LogP contribution in [-0.4, -0.2) is 20.7 Å². The maximum absolute atomic E-state index is 15.3. The summed E-state index contributed by atoms with van der Waals surface area (Å²) in [7, 11) is 0. The van der Waals surface area contributed by atoms with Crippen molar-refractivity contribution in [3.63, 3.8) is 0 Å². The van der Waals surface area contributed by atoms with Crippen molar-refractivity contribution in [2.24, 2.45) is 17.3 Å². The summed E-state index contributed by atoms with van der Waals surface area (Å²) >= 11 is 0. The van der Waals surface area contributed by atoms with E-state index in [1.165, 1.54) is 6.07 Å². The van der Waals surface area contributed by atoms with Gasteiger partial charge >= 0.3 is 0 Å². The number of Topliss-reactive ketones (excluding diaryl/α,β-unsaturated/α-hetero) is 1. The van der Waals surface area contributed by atoms with E-state index in [0.717, 1.165) is 53.4 Å². The van der Waals surface area contributed by atoms with Gasteiger partial charge in [0.1, 0.15) is 11.9 Å². The van der Waals surface area contributed by atoms with Gasteiger partial charge in [-0.3, -0.25) is 9.78 Å². The molecule has 2 aromatic heterocycles. The zero-order valence-electron chi connectivity index (χ0n) is 22.6. The van der Waals surface area contributed by atoms with Crippen molar-refractivity contribution in [3.8, 4) is 28.7 Å². The van der Waals surface area contributed by atoms with Gasteiger partial charge in [0.25, 0.3) is 0 Å². The summed E-state index contributed by atoms with van der Waals surface area (Å²) < 4.78 is 15.3. The Hall–Kier alpha value is -4.24. The number of nitriles is 1. The number of ketones is 1. The van der Waals surface area contributed by atoms with E-state index in [1.807, 2.05) is 42.5 Å². The molecule has 0 N–H and O–H groups in total. The number of halogens is 1. The second-order valence-electron chi connectivity index (χ2n) is 12.0. The van der Waals surface area contributed by atoms with Gasteiger partial charge in [-0.25, -0.2) is 14.4 Å². The summed E-state index contributed by atoms with van der Waals surface area (Å²) in [5.41, 5.74) is 3.19. The standard InChI is InChI=1S/C34H29FN4O/c1-33-18-21(19-36)31(40)34(2,17-20-11-12-20)28(33)14-13-25-29(24-8-3-5-9-26(24)35)38-32(39-30(25)33)23-15-16-37-27-10-6-4-7-22(23)27/h3-10,15-16,18,20,28H,11-14,17H2,1-2H3/t28-,33+,34?/m0/s1. The van der Waals surface area contributed by atoms with Crippen LogP contribution in [0.3, 0.4) is 0 Å². The first kappa shape index (κ1) is 24.8. The fraction of sp³-hybridized carbons (Fsp3) is 0.324. The highest BCUT2D eigenvalue weighted by atomic mass is 19.1. The lowest BCUT2D eigenvalue weighted by atomic mass is 9.50. The van der Waals surface area contributed by atoms with Crippen molar-refractivity contribution in [1.29, 1.82) is 5.26 Å². The molecule has 2 aromatic carbocycles. The topological polar surface area (TPSA) is 79.5 Å². The third-order valence-corrected chi connectivity index (χ3v) is 9.45. The molecule has 1 fully saturated rings. The summed E-state index contributed by atoms with van der Waals surface area (Å²) in [6.45, 7) is 4.17. The van der Waals surface area contributed by atoms with E-state index in [2.05, 4.69) is 24.9 Å². The predicted octanol–water partition coefficient (Wildman–Crippen LogP) is 7.16. The number of hydrogen-bond donors (Lipinski definition) is 0. The molecule has 0 spiro atoms. The predicted molar refractivity (Wildman–Crippen MR) is 151 cm³/mol. The molecule has 0 saturated heterocycles. The van der Waals surface area contributed by atoms with Gasteiger partial charge in [0.2, 0.25) is 0 Å². The van der Waals surface area contributed by atoms with Crippen molar-refractivity contribution >= 4 is 16.7 Å². The van der Waals surface area contributed by atoms with Gasteiger partial charge in [0.15, 0.2) is 11.6 Å². The Labute approximate surface area is 232 Å². The molecule has 1 saturated carbocycles. The molecular weight excluding hydrogens is 499 g/mol. The SMILES string of the molecule is CC1(CC2CC2)C(=O)C(C#N)=C[C@@]2(C)c3nc(-c4ccnc5ccccc45)nc(-c4ccccc4F)c3CC[C@H]12. The number of para-hydroxylation sites is 1. The monoisotopic (exact) mass is 528 g/mol. The number of pyridine rings is 1. The molecule has 3 aliphatic rings. The Kier molecular flexibility index (Phi) is 5.51. The van der Waals surface area contributed by atoms with E-state index in [0.29, 0.717) is 29.4 Å². The Morgan fingerprint density at radius 3 is 2.55 bits per heavy atom. The van der Waals surface area contributed by atoms with Crippen molar-refractivity contribution in [2.45, 2.75) is 51.4 Å². The lowest BCUT2D eigenvalue weighted by Crippen LogP contribution is -2.53. The van der Waals surface area contributed by atoms with Crippen molar-refractivity contribution in [3.05, 3.63) is 89.5 Å². The van der Waals surface area contributed by atoms with Crippen LogP contribution in [0.1, 0.15) is 50.8 Å². The zero-order chi connectivity index (χ0) is 27.6. The number of hydrogen-bond acceptors (Lipinski definition) is 5. The largest absolute Gasteiger partial charge is 0.293 e. The average molecular weight is 529 g/mol. The summed E-state index contributed by atoms with van der Waals surface area (Å²) in [5.74, 6) is 0.604. The molecule has 0 aliphatic heterocycles. The Morgan fingerprint density at radius 1 is 1.00 bits per heavy atom. The molecule has 4 aromatic rings. The van der Waals surface area contributed by atoms with Crippen molar-refractivity contribution < 1.29 is 9.18 Å². The number of aromatic nitrogens is 3. The van der Waals surface area contributed by atoms with E-state index in [1.54, 1.807) is 18.3 Å². The van der Waals surface area contributed by atoms with Crippen LogP contribution in [0.4, 0.5) is 4.39 Å². The van der Waals surface area contributed by atoms with Gasteiger partial charge in [0.05, 0.1) is 22.5 Å². The van der Waals surface area contributed by atoms with E-state index >= 15 is 4.39 Å².